The van der Waals surface area contributed by atoms with Gasteiger partial charge in [-0.1, -0.05) is 6.07 Å². The number of amides is 1. The number of rotatable bonds is 6. The van der Waals surface area contributed by atoms with Crippen LogP contribution >= 0.6 is 0 Å². The molecule has 0 aliphatic carbocycles. The number of hydrogen-bond donors (Lipinski definition) is 1. The molecular formula is C19H18N6O5. The first-order valence-electron chi connectivity index (χ1n) is 8.94. The molecule has 154 valence electrons. The molecule has 0 saturated carbocycles. The van der Waals surface area contributed by atoms with Gasteiger partial charge in [0, 0.05) is 23.4 Å². The quantitative estimate of drug-likeness (QED) is 0.371. The zero-order chi connectivity index (χ0) is 21.8. The minimum Gasteiger partial charge on any atom is -0.462 e. The molecule has 0 spiro atoms. The van der Waals surface area contributed by atoms with E-state index < -0.39 is 16.8 Å². The molecule has 2 aromatic carbocycles. The lowest BCUT2D eigenvalue weighted by Gasteiger charge is -2.11. The number of carbonyl (C=O) groups excluding carboxylic acids is 2. The van der Waals surface area contributed by atoms with Crippen LogP contribution in [-0.2, 0) is 4.74 Å². The molecular weight excluding hydrogens is 392 g/mol. The molecule has 11 heteroatoms. The molecule has 1 heterocycles. The highest BCUT2D eigenvalue weighted by Gasteiger charge is 2.19. The highest BCUT2D eigenvalue weighted by atomic mass is 16.6. The Morgan fingerprint density at radius 3 is 2.53 bits per heavy atom. The fourth-order valence-corrected chi connectivity index (χ4v) is 2.75. The first kappa shape index (κ1) is 20.6. The number of anilines is 1. The van der Waals surface area contributed by atoms with Gasteiger partial charge in [0.25, 0.3) is 11.6 Å². The third kappa shape index (κ3) is 4.29. The van der Waals surface area contributed by atoms with E-state index in [4.69, 9.17) is 4.74 Å². The summed E-state index contributed by atoms with van der Waals surface area (Å²) in [6, 6.07) is 8.56. The molecule has 0 aliphatic rings. The number of esters is 1. The van der Waals surface area contributed by atoms with Crippen LogP contribution in [0.4, 0.5) is 11.4 Å². The summed E-state index contributed by atoms with van der Waals surface area (Å²) >= 11 is 0. The molecule has 1 N–H and O–H groups in total. The van der Waals surface area contributed by atoms with E-state index >= 15 is 0 Å². The monoisotopic (exact) mass is 410 g/mol. The van der Waals surface area contributed by atoms with E-state index in [-0.39, 0.29) is 23.4 Å². The number of nitro benzene ring substituents is 1. The Hall–Kier alpha value is -4.15. The Bertz CT molecular complexity index is 1140. The normalized spacial score (nSPS) is 10.5. The van der Waals surface area contributed by atoms with Crippen molar-refractivity contribution in [1.29, 1.82) is 0 Å². The summed E-state index contributed by atoms with van der Waals surface area (Å²) in [4.78, 5) is 35.3. The van der Waals surface area contributed by atoms with Crippen LogP contribution in [-0.4, -0.2) is 43.6 Å². The van der Waals surface area contributed by atoms with E-state index in [0.717, 1.165) is 17.7 Å². The first-order valence-corrected chi connectivity index (χ1v) is 8.94. The van der Waals surface area contributed by atoms with E-state index in [0.29, 0.717) is 17.2 Å². The molecule has 11 nitrogen and oxygen atoms in total. The summed E-state index contributed by atoms with van der Waals surface area (Å²) in [5, 5.41) is 25.3. The Kier molecular flexibility index (Phi) is 5.81. The van der Waals surface area contributed by atoms with Crippen LogP contribution in [0, 0.1) is 24.0 Å². The van der Waals surface area contributed by atoms with Gasteiger partial charge in [0.05, 0.1) is 22.8 Å². The van der Waals surface area contributed by atoms with Crippen molar-refractivity contribution in [2.24, 2.45) is 0 Å². The van der Waals surface area contributed by atoms with Gasteiger partial charge < -0.3 is 10.1 Å². The number of aromatic nitrogens is 4. The number of nitrogens with zero attached hydrogens (tertiary/aromatic N) is 5. The molecule has 0 bridgehead atoms. The summed E-state index contributed by atoms with van der Waals surface area (Å²) < 4.78 is 6.41. The van der Waals surface area contributed by atoms with Gasteiger partial charge in [0.2, 0.25) is 0 Å². The fourth-order valence-electron chi connectivity index (χ4n) is 2.75. The minimum atomic E-state index is -0.748. The average molecular weight is 410 g/mol. The second-order valence-corrected chi connectivity index (χ2v) is 6.34. The second kappa shape index (κ2) is 8.47. The molecule has 30 heavy (non-hydrogen) atoms. The molecule has 1 aromatic heterocycles. The van der Waals surface area contributed by atoms with Crippen molar-refractivity contribution >= 4 is 23.3 Å². The molecule has 0 unspecified atom stereocenters. The van der Waals surface area contributed by atoms with Crippen molar-refractivity contribution in [2.45, 2.75) is 20.8 Å². The SMILES string of the molecule is CCOC(=O)c1cc(C(=O)Nc2ccc(C)c(-n3nnnc3C)c2)cc([N+](=O)[O-])c1. The van der Waals surface area contributed by atoms with Crippen LogP contribution < -0.4 is 5.32 Å². The lowest BCUT2D eigenvalue weighted by molar-refractivity contribution is -0.384. The fraction of sp³-hybridized carbons (Fsp3) is 0.211. The molecule has 0 saturated heterocycles. The lowest BCUT2D eigenvalue weighted by Crippen LogP contribution is -2.15. The predicted molar refractivity (Wildman–Crippen MR) is 106 cm³/mol. The van der Waals surface area contributed by atoms with Crippen LogP contribution in [0.2, 0.25) is 0 Å². The lowest BCUT2D eigenvalue weighted by atomic mass is 10.1. The van der Waals surface area contributed by atoms with Gasteiger partial charge >= 0.3 is 5.97 Å². The van der Waals surface area contributed by atoms with Gasteiger partial charge in [-0.25, -0.2) is 4.79 Å². The molecule has 0 fully saturated rings. The maximum absolute atomic E-state index is 12.7. The van der Waals surface area contributed by atoms with E-state index in [9.17, 15) is 19.7 Å². The van der Waals surface area contributed by atoms with Crippen molar-refractivity contribution in [3.8, 4) is 5.69 Å². The van der Waals surface area contributed by atoms with E-state index in [1.165, 1.54) is 10.7 Å². The molecule has 1 amide bonds. The number of ether oxygens (including phenoxy) is 1. The standard InChI is InChI=1S/C19H18N6O5/c1-4-30-19(27)14-7-13(8-16(9-14)25(28)29)18(26)20-15-6-5-11(2)17(10-15)24-12(3)21-22-23-24/h5-10H,4H2,1-3H3,(H,20,26). The first-order chi connectivity index (χ1) is 14.3. The average Bonchev–Trinajstić information content (AvgIpc) is 3.14. The van der Waals surface area contributed by atoms with Gasteiger partial charge in [-0.2, -0.15) is 4.68 Å². The van der Waals surface area contributed by atoms with Gasteiger partial charge in [0.15, 0.2) is 5.82 Å². The molecule has 3 rings (SSSR count). The van der Waals surface area contributed by atoms with Crippen LogP contribution in [0.1, 0.15) is 39.0 Å². The number of non-ortho nitro benzene ring substituents is 1. The van der Waals surface area contributed by atoms with Crippen molar-refractivity contribution < 1.29 is 19.2 Å². The predicted octanol–water partition coefficient (Wildman–Crippen LogP) is 2.62. The van der Waals surface area contributed by atoms with E-state index in [1.54, 1.807) is 32.0 Å². The van der Waals surface area contributed by atoms with Crippen molar-refractivity contribution in [3.63, 3.8) is 0 Å². The van der Waals surface area contributed by atoms with Gasteiger partial charge in [0.1, 0.15) is 0 Å². The van der Waals surface area contributed by atoms with E-state index in [2.05, 4.69) is 20.8 Å². The van der Waals surface area contributed by atoms with Crippen LogP contribution in [0.25, 0.3) is 5.69 Å². The third-order valence-corrected chi connectivity index (χ3v) is 4.22. The molecule has 3 aromatic rings. The van der Waals surface area contributed by atoms with Crippen molar-refractivity contribution in [3.05, 3.63) is 69.0 Å². The van der Waals surface area contributed by atoms with Crippen molar-refractivity contribution in [1.82, 2.24) is 20.2 Å². The summed E-state index contributed by atoms with van der Waals surface area (Å²) in [5.41, 5.74) is 1.46. The summed E-state index contributed by atoms with van der Waals surface area (Å²) in [6.07, 6.45) is 0. The van der Waals surface area contributed by atoms with Gasteiger partial charge in [-0.05, 0) is 55.0 Å². The van der Waals surface area contributed by atoms with Crippen LogP contribution in [0.15, 0.2) is 36.4 Å². The number of carbonyl (C=O) groups is 2. The molecule has 0 radical (unpaired) electrons. The van der Waals surface area contributed by atoms with Gasteiger partial charge in [-0.3, -0.25) is 14.9 Å². The number of hydrogen-bond acceptors (Lipinski definition) is 8. The number of aryl methyl sites for hydroxylation is 2. The molecule has 0 atom stereocenters. The molecule has 0 aliphatic heterocycles. The summed E-state index contributed by atoms with van der Waals surface area (Å²) in [5.74, 6) is -0.797. The number of nitro groups is 1. The highest BCUT2D eigenvalue weighted by Crippen LogP contribution is 2.22. The summed E-state index contributed by atoms with van der Waals surface area (Å²) in [7, 11) is 0. The number of nitrogens with one attached hydrogen (secondary N) is 1. The Balaban J connectivity index is 1.93. The Morgan fingerprint density at radius 2 is 1.90 bits per heavy atom. The number of tetrazole rings is 1. The van der Waals surface area contributed by atoms with Gasteiger partial charge in [-0.15, -0.1) is 5.10 Å². The topological polar surface area (TPSA) is 142 Å². The second-order valence-electron chi connectivity index (χ2n) is 6.34. The van der Waals surface area contributed by atoms with E-state index in [1.807, 2.05) is 6.92 Å². The largest absolute Gasteiger partial charge is 0.462 e. The zero-order valence-corrected chi connectivity index (χ0v) is 16.4. The maximum atomic E-state index is 12.7. The third-order valence-electron chi connectivity index (χ3n) is 4.22. The highest BCUT2D eigenvalue weighted by molar-refractivity contribution is 6.06. The Labute approximate surface area is 170 Å². The van der Waals surface area contributed by atoms with Crippen LogP contribution in [0.5, 0.6) is 0 Å². The number of benzene rings is 2. The smallest absolute Gasteiger partial charge is 0.338 e. The van der Waals surface area contributed by atoms with Crippen molar-refractivity contribution in [2.75, 3.05) is 11.9 Å². The zero-order valence-electron chi connectivity index (χ0n) is 16.4. The maximum Gasteiger partial charge on any atom is 0.338 e. The minimum absolute atomic E-state index is 0.0482. The van der Waals surface area contributed by atoms with Crippen LogP contribution in [0.3, 0.4) is 0 Å². The summed E-state index contributed by atoms with van der Waals surface area (Å²) in [6.45, 7) is 5.33. The Morgan fingerprint density at radius 1 is 1.17 bits per heavy atom.